The number of benzene rings is 1. The number of hydrogen-bond acceptors (Lipinski definition) is 3. The minimum absolute atomic E-state index is 0.115. The molecule has 5 heteroatoms. The van der Waals surface area contributed by atoms with E-state index in [9.17, 15) is 4.79 Å². The average Bonchev–Trinajstić information content (AvgIpc) is 2.84. The largest absolute Gasteiger partial charge is 0.345 e. The molecule has 2 aromatic rings. The van der Waals surface area contributed by atoms with Gasteiger partial charge in [0.15, 0.2) is 0 Å². The molecule has 0 fully saturated rings. The molecule has 0 spiro atoms. The Hall–Kier alpha value is -1.88. The second-order valence-corrected chi connectivity index (χ2v) is 6.17. The first-order valence-electron chi connectivity index (χ1n) is 7.95. The summed E-state index contributed by atoms with van der Waals surface area (Å²) in [7, 11) is 0. The Labute approximate surface area is 131 Å². The number of fused-ring (bicyclic) bond motifs is 1. The fraction of sp³-hybridized carbons (Fsp3) is 0.529. The van der Waals surface area contributed by atoms with Gasteiger partial charge in [0.1, 0.15) is 5.82 Å². The molecule has 0 saturated heterocycles. The summed E-state index contributed by atoms with van der Waals surface area (Å²) < 4.78 is 2.13. The van der Waals surface area contributed by atoms with Crippen molar-refractivity contribution < 1.29 is 4.79 Å². The Morgan fingerprint density at radius 3 is 2.64 bits per heavy atom. The minimum atomic E-state index is -0.470. The summed E-state index contributed by atoms with van der Waals surface area (Å²) in [6.45, 7) is 8.97. The number of carbonyl (C=O) groups excluding carboxylic acids is 1. The van der Waals surface area contributed by atoms with E-state index in [0.717, 1.165) is 23.4 Å². The van der Waals surface area contributed by atoms with Gasteiger partial charge in [-0.2, -0.15) is 0 Å². The fourth-order valence-corrected chi connectivity index (χ4v) is 2.76. The normalized spacial score (nSPS) is 14.3. The van der Waals surface area contributed by atoms with Gasteiger partial charge in [0.05, 0.1) is 23.1 Å². The van der Waals surface area contributed by atoms with Crippen LogP contribution in [0.3, 0.4) is 0 Å². The van der Waals surface area contributed by atoms with E-state index in [2.05, 4.69) is 35.6 Å². The first kappa shape index (κ1) is 16.5. The number of amides is 1. The molecule has 1 unspecified atom stereocenters. The van der Waals surface area contributed by atoms with Crippen molar-refractivity contribution in [2.45, 2.75) is 52.7 Å². The lowest BCUT2D eigenvalue weighted by Gasteiger charge is -2.19. The van der Waals surface area contributed by atoms with Crippen molar-refractivity contribution in [2.24, 2.45) is 11.7 Å². The van der Waals surface area contributed by atoms with Gasteiger partial charge >= 0.3 is 0 Å². The van der Waals surface area contributed by atoms with Crippen LogP contribution in [0.1, 0.15) is 46.0 Å². The van der Waals surface area contributed by atoms with Gasteiger partial charge in [-0.05, 0) is 38.3 Å². The molecule has 0 aliphatic rings. The molecule has 1 amide bonds. The number of rotatable bonds is 6. The second kappa shape index (κ2) is 6.92. The van der Waals surface area contributed by atoms with E-state index in [0.29, 0.717) is 12.3 Å². The van der Waals surface area contributed by atoms with Crippen LogP contribution in [0.15, 0.2) is 24.3 Å². The maximum atomic E-state index is 12.2. The Balaban J connectivity index is 2.19. The topological polar surface area (TPSA) is 72.9 Å². The van der Waals surface area contributed by atoms with E-state index in [1.165, 1.54) is 0 Å². The molecule has 0 saturated carbocycles. The maximum absolute atomic E-state index is 12.2. The second-order valence-electron chi connectivity index (χ2n) is 6.17. The molecule has 2 atom stereocenters. The maximum Gasteiger partial charge on any atom is 0.237 e. The highest BCUT2D eigenvalue weighted by Gasteiger charge is 2.21. The molecule has 1 aromatic heterocycles. The molecule has 0 radical (unpaired) electrons. The van der Waals surface area contributed by atoms with Crippen molar-refractivity contribution in [3.05, 3.63) is 30.1 Å². The number of carbonyl (C=O) groups is 1. The molecule has 0 aliphatic carbocycles. The first-order valence-corrected chi connectivity index (χ1v) is 7.95. The van der Waals surface area contributed by atoms with E-state index in [-0.39, 0.29) is 11.9 Å². The van der Waals surface area contributed by atoms with Gasteiger partial charge in [-0.25, -0.2) is 4.98 Å². The Bertz CT molecular complexity index is 647. The van der Waals surface area contributed by atoms with Gasteiger partial charge in [0.2, 0.25) is 5.91 Å². The van der Waals surface area contributed by atoms with Crippen molar-refractivity contribution in [1.29, 1.82) is 0 Å². The lowest BCUT2D eigenvalue weighted by molar-refractivity contribution is -0.123. The van der Waals surface area contributed by atoms with Gasteiger partial charge in [0, 0.05) is 6.54 Å². The Morgan fingerprint density at radius 2 is 2.00 bits per heavy atom. The van der Waals surface area contributed by atoms with Crippen molar-refractivity contribution in [1.82, 2.24) is 14.9 Å². The summed E-state index contributed by atoms with van der Waals surface area (Å²) in [5.41, 5.74) is 7.99. The molecule has 1 aromatic carbocycles. The number of aryl methyl sites for hydroxylation is 1. The quantitative estimate of drug-likeness (QED) is 0.861. The summed E-state index contributed by atoms with van der Waals surface area (Å²) in [5.74, 6) is 1.15. The van der Waals surface area contributed by atoms with Gasteiger partial charge in [-0.3, -0.25) is 4.79 Å². The van der Waals surface area contributed by atoms with Crippen LogP contribution in [0.4, 0.5) is 0 Å². The van der Waals surface area contributed by atoms with Crippen LogP contribution >= 0.6 is 0 Å². The smallest absolute Gasteiger partial charge is 0.237 e. The van der Waals surface area contributed by atoms with Crippen LogP contribution in [-0.2, 0) is 11.3 Å². The minimum Gasteiger partial charge on any atom is -0.345 e. The number of nitrogens with two attached hydrogens (primary N) is 1. The summed E-state index contributed by atoms with van der Waals surface area (Å²) in [6, 6.07) is 7.38. The molecule has 3 N–H and O–H groups in total. The molecule has 0 aliphatic heterocycles. The molecule has 120 valence electrons. The van der Waals surface area contributed by atoms with Crippen LogP contribution in [0.2, 0.25) is 0 Å². The van der Waals surface area contributed by atoms with E-state index >= 15 is 0 Å². The lowest BCUT2D eigenvalue weighted by atomic mass is 10.0. The third kappa shape index (κ3) is 3.47. The molecule has 22 heavy (non-hydrogen) atoms. The molecule has 0 bridgehead atoms. The molecular formula is C17H26N4O. The number of imidazole rings is 1. The average molecular weight is 302 g/mol. The Kier molecular flexibility index (Phi) is 5.19. The van der Waals surface area contributed by atoms with Crippen molar-refractivity contribution >= 4 is 16.9 Å². The van der Waals surface area contributed by atoms with Crippen LogP contribution in [-0.4, -0.2) is 21.5 Å². The van der Waals surface area contributed by atoms with E-state index in [4.69, 9.17) is 5.73 Å². The van der Waals surface area contributed by atoms with E-state index < -0.39 is 6.04 Å². The third-order valence-corrected chi connectivity index (χ3v) is 3.81. The summed E-state index contributed by atoms with van der Waals surface area (Å²) in [5, 5.41) is 2.99. The SMILES string of the molecule is CCn1c(C(C)NC(=O)[C@@H](N)CC(C)C)nc2ccccc21. The highest BCUT2D eigenvalue weighted by Crippen LogP contribution is 2.20. The molecule has 1 heterocycles. The predicted molar refractivity (Wildman–Crippen MR) is 89.4 cm³/mol. The fourth-order valence-electron chi connectivity index (χ4n) is 2.76. The molecule has 5 nitrogen and oxygen atoms in total. The highest BCUT2D eigenvalue weighted by atomic mass is 16.2. The zero-order valence-electron chi connectivity index (χ0n) is 13.8. The van der Waals surface area contributed by atoms with Crippen molar-refractivity contribution in [2.75, 3.05) is 0 Å². The number of nitrogens with zero attached hydrogens (tertiary/aromatic N) is 2. The highest BCUT2D eigenvalue weighted by molar-refractivity contribution is 5.82. The number of hydrogen-bond donors (Lipinski definition) is 2. The van der Waals surface area contributed by atoms with Crippen molar-refractivity contribution in [3.63, 3.8) is 0 Å². The summed E-state index contributed by atoms with van der Waals surface area (Å²) >= 11 is 0. The van der Waals surface area contributed by atoms with Crippen LogP contribution in [0.5, 0.6) is 0 Å². The number of aromatic nitrogens is 2. The zero-order chi connectivity index (χ0) is 16.3. The van der Waals surface area contributed by atoms with E-state index in [1.807, 2.05) is 31.2 Å². The summed E-state index contributed by atoms with van der Waals surface area (Å²) in [4.78, 5) is 16.9. The van der Waals surface area contributed by atoms with E-state index in [1.54, 1.807) is 0 Å². The van der Waals surface area contributed by atoms with Gasteiger partial charge < -0.3 is 15.6 Å². The Morgan fingerprint density at radius 1 is 1.32 bits per heavy atom. The van der Waals surface area contributed by atoms with Gasteiger partial charge in [0.25, 0.3) is 0 Å². The standard InChI is InChI=1S/C17H26N4O/c1-5-21-15-9-7-6-8-14(15)20-16(21)12(4)19-17(22)13(18)10-11(2)3/h6-9,11-13H,5,10,18H2,1-4H3,(H,19,22)/t12?,13-/m0/s1. The summed E-state index contributed by atoms with van der Waals surface area (Å²) in [6.07, 6.45) is 0.683. The molecular weight excluding hydrogens is 276 g/mol. The third-order valence-electron chi connectivity index (χ3n) is 3.81. The first-order chi connectivity index (χ1) is 10.4. The number of para-hydroxylation sites is 2. The zero-order valence-corrected chi connectivity index (χ0v) is 13.8. The number of nitrogens with one attached hydrogen (secondary N) is 1. The molecule has 2 rings (SSSR count). The lowest BCUT2D eigenvalue weighted by Crippen LogP contribution is -2.42. The monoisotopic (exact) mass is 302 g/mol. The van der Waals surface area contributed by atoms with Crippen LogP contribution < -0.4 is 11.1 Å². The van der Waals surface area contributed by atoms with Gasteiger partial charge in [-0.15, -0.1) is 0 Å². The van der Waals surface area contributed by atoms with Crippen molar-refractivity contribution in [3.8, 4) is 0 Å². The van der Waals surface area contributed by atoms with Crippen LogP contribution in [0.25, 0.3) is 11.0 Å². The van der Waals surface area contributed by atoms with Gasteiger partial charge in [-0.1, -0.05) is 26.0 Å². The van der Waals surface area contributed by atoms with Crippen LogP contribution in [0, 0.1) is 5.92 Å². The predicted octanol–water partition coefficient (Wildman–Crippen LogP) is 2.61.